The number of aromatic nitrogens is 2. The third-order valence-corrected chi connectivity index (χ3v) is 17.5. The van der Waals surface area contributed by atoms with Crippen LogP contribution in [0.15, 0.2) is 36.4 Å². The van der Waals surface area contributed by atoms with Gasteiger partial charge in [-0.3, -0.25) is 9.80 Å². The highest BCUT2D eigenvalue weighted by atomic mass is 16.6. The Kier molecular flexibility index (Phi) is 14.6. The first-order valence-corrected chi connectivity index (χ1v) is 26.9. The zero-order valence-electron chi connectivity index (χ0n) is 42.7. The van der Waals surface area contributed by atoms with Crippen LogP contribution in [0.2, 0.25) is 0 Å². The van der Waals surface area contributed by atoms with Crippen molar-refractivity contribution in [2.24, 2.45) is 23.7 Å². The van der Waals surface area contributed by atoms with Gasteiger partial charge in [0.1, 0.15) is 11.5 Å². The van der Waals surface area contributed by atoms with Crippen molar-refractivity contribution in [3.8, 4) is 11.5 Å². The molecule has 0 spiro atoms. The number of nitrogens with zero attached hydrogens (tertiary/aromatic N) is 7. The van der Waals surface area contributed by atoms with Gasteiger partial charge in [-0.2, -0.15) is 0 Å². The molecule has 4 unspecified atom stereocenters. The summed E-state index contributed by atoms with van der Waals surface area (Å²) in [6.45, 7) is 21.2. The lowest BCUT2D eigenvalue weighted by Gasteiger charge is -2.53. The van der Waals surface area contributed by atoms with Crippen molar-refractivity contribution in [3.63, 3.8) is 0 Å². The fraction of sp³-hybridized carbons (Fsp3) is 0.655. The Hall–Kier alpha value is -4.67. The highest BCUT2D eigenvalue weighted by Crippen LogP contribution is 2.54. The number of rotatable bonds is 5. The zero-order valence-corrected chi connectivity index (χ0v) is 42.7. The van der Waals surface area contributed by atoms with Crippen LogP contribution in [0, 0.1) is 23.7 Å². The molecular weight excluding hydrogens is 885 g/mol. The van der Waals surface area contributed by atoms with Crippen LogP contribution >= 0.6 is 0 Å². The molecule has 15 heteroatoms. The van der Waals surface area contributed by atoms with Crippen molar-refractivity contribution in [2.75, 3.05) is 106 Å². The Bertz CT molecular complexity index is 2540. The summed E-state index contributed by atoms with van der Waals surface area (Å²) in [6, 6.07) is 12.1. The van der Waals surface area contributed by atoms with Crippen LogP contribution in [-0.2, 0) is 22.3 Å². The summed E-state index contributed by atoms with van der Waals surface area (Å²) in [7, 11) is 4.22. The summed E-state index contributed by atoms with van der Waals surface area (Å²) in [5.74, 6) is 4.27. The fourth-order valence-electron chi connectivity index (χ4n) is 14.4. The molecule has 14 rings (SSSR count). The minimum Gasteiger partial charge on any atom is -0.508 e. The van der Waals surface area contributed by atoms with Gasteiger partial charge < -0.3 is 39.3 Å². The van der Waals surface area contributed by atoms with Crippen LogP contribution in [0.25, 0.3) is 21.8 Å². The molecule has 2 aliphatic carbocycles. The first-order valence-electron chi connectivity index (χ1n) is 26.9. The van der Waals surface area contributed by atoms with Gasteiger partial charge in [-0.25, -0.2) is 23.5 Å². The molecule has 70 heavy (non-hydrogen) atoms. The second-order valence-corrected chi connectivity index (χ2v) is 21.6. The number of fused-ring (bicyclic) bond motifs is 8. The lowest BCUT2D eigenvalue weighted by molar-refractivity contribution is -0.0141. The van der Waals surface area contributed by atoms with Gasteiger partial charge in [-0.05, 0) is 138 Å². The van der Waals surface area contributed by atoms with Gasteiger partial charge in [0.05, 0.1) is 24.2 Å². The standard InChI is InChI=1S/C28H38N4O4.C22H28N2O3.C5H12N2/c1-4-19-14-18-15-23-25(19)31(17-18)9-8-21-22-16-20(36-27(33)30-12-10-29(3)11-13-30)6-7-24(22)32(26(21)23)28(34)35-5-2;1-3-14-9-13-10-18-20(14)23(12-13)8-7-16-17-11-15(25)5-6-19(17)24(21(16)18)22(26)27-4-2;1-7-4-2-6-3-5-7/h6-7,16,18-19,23,25H,4-5,8-15,17H2,1-3H3;5-6,11,13-14,18,20,25H,3-4,7-10,12H2,1-2H3;6H,2-5H2,1H3/t18-,19-,23+,25?;13-,14-,18+,20?;/m00./s1. The van der Waals surface area contributed by atoms with Gasteiger partial charge in [0, 0.05) is 125 Å². The number of likely N-dealkylation sites (N-methyl/N-ethyl adjacent to an activating group) is 2. The molecule has 2 aromatic heterocycles. The number of phenolic OH excluding ortho intramolecular Hbond substituents is 1. The molecule has 8 aliphatic heterocycles. The van der Waals surface area contributed by atoms with Gasteiger partial charge in [0.15, 0.2) is 0 Å². The Balaban J connectivity index is 0.000000146. The Labute approximate surface area is 414 Å². The fourth-order valence-corrected chi connectivity index (χ4v) is 14.4. The molecule has 2 saturated carbocycles. The molecule has 8 fully saturated rings. The van der Waals surface area contributed by atoms with Crippen molar-refractivity contribution in [1.29, 1.82) is 0 Å². The van der Waals surface area contributed by atoms with Crippen LogP contribution < -0.4 is 10.1 Å². The molecule has 2 N–H and O–H groups in total. The Morgan fingerprint density at radius 2 is 1.11 bits per heavy atom. The quantitative estimate of drug-likeness (QED) is 0.202. The molecule has 380 valence electrons. The number of carbonyl (C=O) groups excluding carboxylic acids is 3. The number of ether oxygens (including phenoxy) is 3. The van der Waals surface area contributed by atoms with Crippen molar-refractivity contribution in [2.45, 2.75) is 103 Å². The Morgan fingerprint density at radius 1 is 0.614 bits per heavy atom. The minimum absolute atomic E-state index is 0.256. The smallest absolute Gasteiger partial charge is 0.418 e. The predicted molar refractivity (Wildman–Crippen MR) is 272 cm³/mol. The van der Waals surface area contributed by atoms with Gasteiger partial charge in [-0.15, -0.1) is 0 Å². The molecule has 10 atom stereocenters. The molecule has 6 saturated heterocycles. The van der Waals surface area contributed by atoms with Gasteiger partial charge >= 0.3 is 18.3 Å². The second kappa shape index (κ2) is 20.8. The predicted octanol–water partition coefficient (Wildman–Crippen LogP) is 7.79. The van der Waals surface area contributed by atoms with E-state index in [4.69, 9.17) is 14.2 Å². The molecule has 1 amide bonds. The number of carbonyl (C=O) groups is 3. The maximum atomic E-state index is 13.3. The zero-order chi connectivity index (χ0) is 48.8. The normalized spacial score (nSPS) is 29.9. The van der Waals surface area contributed by atoms with Crippen molar-refractivity contribution in [1.82, 2.24) is 39.0 Å². The number of hydrogen-bond acceptors (Lipinski definition) is 12. The molecule has 8 bridgehead atoms. The highest BCUT2D eigenvalue weighted by molar-refractivity contribution is 5.96. The molecule has 15 nitrogen and oxygen atoms in total. The third kappa shape index (κ3) is 9.22. The number of piperidine rings is 4. The van der Waals surface area contributed by atoms with E-state index in [0.717, 1.165) is 104 Å². The van der Waals surface area contributed by atoms with Crippen LogP contribution in [0.3, 0.4) is 0 Å². The lowest BCUT2D eigenvalue weighted by atomic mass is 9.65. The maximum Gasteiger partial charge on any atom is 0.418 e. The summed E-state index contributed by atoms with van der Waals surface area (Å²) in [6.07, 6.45) is 8.23. The van der Waals surface area contributed by atoms with E-state index in [1.54, 1.807) is 11.0 Å². The van der Waals surface area contributed by atoms with Gasteiger partial charge in [0.2, 0.25) is 0 Å². The highest BCUT2D eigenvalue weighted by Gasteiger charge is 2.51. The van der Waals surface area contributed by atoms with E-state index < -0.39 is 0 Å². The minimum atomic E-state index is -0.302. The molecule has 0 radical (unpaired) electrons. The SMILES string of the molecule is CCOC(=O)n1c2c(c3cc(O)ccc31)CCN1C[C@H]3C[C@H](CC)C1[C@H]2C3.CCOC(=O)n1c2c(c3cc(OC(=O)N4CCN(C)CC4)ccc31)CCN1C[C@H]3C[C@H](CC)C1[C@H]2C3.CN1CCNCC1. The van der Waals surface area contributed by atoms with Crippen molar-refractivity contribution in [3.05, 3.63) is 58.9 Å². The number of nitrogens with one attached hydrogen (secondary N) is 1. The topological polar surface area (TPSA) is 137 Å². The van der Waals surface area contributed by atoms with Crippen LogP contribution in [0.1, 0.15) is 101 Å². The van der Waals surface area contributed by atoms with Crippen molar-refractivity contribution < 1.29 is 33.7 Å². The van der Waals surface area contributed by atoms with Gasteiger partial charge in [-0.1, -0.05) is 26.7 Å². The van der Waals surface area contributed by atoms with E-state index in [-0.39, 0.29) is 24.0 Å². The summed E-state index contributed by atoms with van der Waals surface area (Å²) >= 11 is 0. The third-order valence-electron chi connectivity index (χ3n) is 17.5. The molecule has 10 heterocycles. The largest absolute Gasteiger partial charge is 0.508 e. The van der Waals surface area contributed by atoms with Crippen LogP contribution in [-0.4, -0.2) is 175 Å². The van der Waals surface area contributed by atoms with E-state index >= 15 is 0 Å². The average molecular weight is 963 g/mol. The number of aromatic hydroxyl groups is 1. The summed E-state index contributed by atoms with van der Waals surface area (Å²) < 4.78 is 20.5. The first-order chi connectivity index (χ1) is 34.0. The second-order valence-electron chi connectivity index (χ2n) is 21.6. The Morgan fingerprint density at radius 3 is 1.60 bits per heavy atom. The number of benzene rings is 2. The van der Waals surface area contributed by atoms with Crippen LogP contribution in [0.5, 0.6) is 11.5 Å². The van der Waals surface area contributed by atoms with Crippen molar-refractivity contribution >= 4 is 40.1 Å². The number of amides is 1. The number of piperazine rings is 2. The number of phenols is 1. The molecule has 10 aliphatic rings. The lowest BCUT2D eigenvalue weighted by Crippen LogP contribution is -2.56. The summed E-state index contributed by atoms with van der Waals surface area (Å²) in [5.41, 5.74) is 6.50. The van der Waals surface area contributed by atoms with E-state index in [2.05, 4.69) is 52.9 Å². The molecule has 4 aromatic rings. The summed E-state index contributed by atoms with van der Waals surface area (Å²) in [5, 5.41) is 15.4. The maximum absolute atomic E-state index is 13.3. The monoisotopic (exact) mass is 963 g/mol. The van der Waals surface area contributed by atoms with E-state index in [1.165, 1.54) is 63.0 Å². The average Bonchev–Trinajstić information content (AvgIpc) is 3.79. The summed E-state index contributed by atoms with van der Waals surface area (Å²) in [4.78, 5) is 50.9. The van der Waals surface area contributed by atoms with Gasteiger partial charge in [0.25, 0.3) is 0 Å². The first kappa shape index (κ1) is 48.9. The van der Waals surface area contributed by atoms with E-state index in [1.807, 2.05) is 53.3 Å². The molecular formula is C55H78N8O7. The number of hydrogen-bond donors (Lipinski definition) is 2. The van der Waals surface area contributed by atoms with E-state index in [9.17, 15) is 19.5 Å². The van der Waals surface area contributed by atoms with E-state index in [0.29, 0.717) is 73.7 Å². The molecule has 2 aromatic carbocycles. The van der Waals surface area contributed by atoms with Crippen LogP contribution in [0.4, 0.5) is 14.4 Å².